The van der Waals surface area contributed by atoms with Gasteiger partial charge in [0.2, 0.25) is 0 Å². The van der Waals surface area contributed by atoms with Crippen molar-refractivity contribution in [1.82, 2.24) is 14.1 Å². The SMILES string of the molecule is Cc1cc(=O)n(-c2ccccc2)cc1-c1cn(C)cn1. The highest BCUT2D eigenvalue weighted by molar-refractivity contribution is 5.62. The minimum atomic E-state index is -0.0339. The van der Waals surface area contributed by atoms with Crippen LogP contribution < -0.4 is 5.56 Å². The van der Waals surface area contributed by atoms with Gasteiger partial charge in [-0.3, -0.25) is 9.36 Å². The molecule has 2 heterocycles. The lowest BCUT2D eigenvalue weighted by Gasteiger charge is -2.09. The molecule has 4 nitrogen and oxygen atoms in total. The van der Waals surface area contributed by atoms with Crippen molar-refractivity contribution in [3.63, 3.8) is 0 Å². The maximum atomic E-state index is 12.2. The van der Waals surface area contributed by atoms with E-state index in [0.717, 1.165) is 22.5 Å². The first-order valence-corrected chi connectivity index (χ1v) is 6.42. The van der Waals surface area contributed by atoms with Crippen molar-refractivity contribution in [2.75, 3.05) is 0 Å². The molecule has 0 radical (unpaired) electrons. The third kappa shape index (κ3) is 2.16. The van der Waals surface area contributed by atoms with Gasteiger partial charge in [0.25, 0.3) is 5.56 Å². The summed E-state index contributed by atoms with van der Waals surface area (Å²) in [4.78, 5) is 16.5. The highest BCUT2D eigenvalue weighted by atomic mass is 16.1. The quantitative estimate of drug-likeness (QED) is 0.714. The van der Waals surface area contributed by atoms with Crippen LogP contribution in [-0.4, -0.2) is 14.1 Å². The Balaban J connectivity index is 2.21. The highest BCUT2D eigenvalue weighted by Gasteiger charge is 2.09. The molecule has 3 aromatic rings. The largest absolute Gasteiger partial charge is 0.340 e. The number of pyridine rings is 1. The molecule has 0 bridgehead atoms. The minimum absolute atomic E-state index is 0.0339. The first-order chi connectivity index (χ1) is 9.65. The van der Waals surface area contributed by atoms with E-state index in [2.05, 4.69) is 4.98 Å². The van der Waals surface area contributed by atoms with Crippen molar-refractivity contribution >= 4 is 0 Å². The molecule has 4 heteroatoms. The zero-order valence-electron chi connectivity index (χ0n) is 11.4. The van der Waals surface area contributed by atoms with Crippen LogP contribution in [0.1, 0.15) is 5.56 Å². The molecule has 3 rings (SSSR count). The summed E-state index contributed by atoms with van der Waals surface area (Å²) in [6.45, 7) is 1.93. The first-order valence-electron chi connectivity index (χ1n) is 6.42. The molecule has 0 fully saturated rings. The molecular weight excluding hydrogens is 250 g/mol. The Kier molecular flexibility index (Phi) is 2.99. The van der Waals surface area contributed by atoms with Gasteiger partial charge in [-0.2, -0.15) is 0 Å². The number of hydrogen-bond donors (Lipinski definition) is 0. The number of aromatic nitrogens is 3. The van der Waals surface area contributed by atoms with Gasteiger partial charge in [0.15, 0.2) is 0 Å². The van der Waals surface area contributed by atoms with Crippen molar-refractivity contribution in [3.8, 4) is 16.9 Å². The molecule has 0 saturated carbocycles. The Labute approximate surface area is 117 Å². The average Bonchev–Trinajstić information content (AvgIpc) is 2.86. The summed E-state index contributed by atoms with van der Waals surface area (Å²) in [7, 11) is 1.93. The molecule has 0 aliphatic carbocycles. The lowest BCUT2D eigenvalue weighted by Crippen LogP contribution is -2.17. The zero-order valence-corrected chi connectivity index (χ0v) is 11.4. The molecule has 100 valence electrons. The van der Waals surface area contributed by atoms with E-state index in [4.69, 9.17) is 0 Å². The topological polar surface area (TPSA) is 39.8 Å². The molecule has 20 heavy (non-hydrogen) atoms. The fraction of sp³-hybridized carbons (Fsp3) is 0.125. The van der Waals surface area contributed by atoms with Gasteiger partial charge in [-0.25, -0.2) is 4.98 Å². The van der Waals surface area contributed by atoms with E-state index >= 15 is 0 Å². The van der Waals surface area contributed by atoms with Gasteiger partial charge >= 0.3 is 0 Å². The molecule has 0 aliphatic rings. The van der Waals surface area contributed by atoms with E-state index in [0.29, 0.717) is 0 Å². The van der Waals surface area contributed by atoms with Crippen LogP contribution in [0.25, 0.3) is 16.9 Å². The van der Waals surface area contributed by atoms with Gasteiger partial charge < -0.3 is 4.57 Å². The predicted molar refractivity (Wildman–Crippen MR) is 79.0 cm³/mol. The van der Waals surface area contributed by atoms with Crippen LogP contribution >= 0.6 is 0 Å². The molecule has 0 saturated heterocycles. The summed E-state index contributed by atoms with van der Waals surface area (Å²) in [6.07, 6.45) is 5.56. The summed E-state index contributed by atoms with van der Waals surface area (Å²) >= 11 is 0. The van der Waals surface area contributed by atoms with Crippen LogP contribution in [0.4, 0.5) is 0 Å². The summed E-state index contributed by atoms with van der Waals surface area (Å²) < 4.78 is 3.55. The molecule has 0 unspecified atom stereocenters. The Morgan fingerprint density at radius 1 is 1.10 bits per heavy atom. The second-order valence-electron chi connectivity index (χ2n) is 4.84. The Morgan fingerprint density at radius 2 is 1.85 bits per heavy atom. The van der Waals surface area contributed by atoms with Crippen molar-refractivity contribution in [2.45, 2.75) is 6.92 Å². The molecule has 0 atom stereocenters. The van der Waals surface area contributed by atoms with Crippen LogP contribution in [-0.2, 0) is 7.05 Å². The molecule has 0 amide bonds. The normalized spacial score (nSPS) is 10.7. The summed E-state index contributed by atoms with van der Waals surface area (Å²) in [5.41, 5.74) is 3.59. The van der Waals surface area contributed by atoms with E-state index in [-0.39, 0.29) is 5.56 Å². The van der Waals surface area contributed by atoms with Gasteiger partial charge in [-0.15, -0.1) is 0 Å². The molecule has 2 aromatic heterocycles. The zero-order chi connectivity index (χ0) is 14.1. The fourth-order valence-electron chi connectivity index (χ4n) is 2.24. The van der Waals surface area contributed by atoms with E-state index in [1.807, 2.05) is 61.3 Å². The second kappa shape index (κ2) is 4.81. The Bertz CT molecular complexity index is 800. The second-order valence-corrected chi connectivity index (χ2v) is 4.84. The van der Waals surface area contributed by atoms with E-state index in [1.54, 1.807) is 17.0 Å². The third-order valence-electron chi connectivity index (χ3n) is 3.28. The van der Waals surface area contributed by atoms with Crippen LogP contribution in [0.5, 0.6) is 0 Å². The average molecular weight is 265 g/mol. The number of nitrogens with zero attached hydrogens (tertiary/aromatic N) is 3. The number of para-hydroxylation sites is 1. The van der Waals surface area contributed by atoms with Crippen LogP contribution in [0.15, 0.2) is 59.9 Å². The van der Waals surface area contributed by atoms with Gasteiger partial charge in [-0.1, -0.05) is 18.2 Å². The standard InChI is InChI=1S/C16H15N3O/c1-12-8-16(20)19(13-6-4-3-5-7-13)9-14(12)15-10-18(2)11-17-15/h3-11H,1-2H3. The fourth-order valence-corrected chi connectivity index (χ4v) is 2.24. The van der Waals surface area contributed by atoms with Crippen LogP contribution in [0.3, 0.4) is 0 Å². The molecule has 0 spiro atoms. The van der Waals surface area contributed by atoms with Gasteiger partial charge in [0.05, 0.1) is 12.0 Å². The Hall–Kier alpha value is -2.62. The van der Waals surface area contributed by atoms with Gasteiger partial charge in [-0.05, 0) is 24.6 Å². The summed E-state index contributed by atoms with van der Waals surface area (Å²) in [5, 5.41) is 0. The number of benzene rings is 1. The van der Waals surface area contributed by atoms with Crippen molar-refractivity contribution < 1.29 is 0 Å². The summed E-state index contributed by atoms with van der Waals surface area (Å²) in [6, 6.07) is 11.3. The lowest BCUT2D eigenvalue weighted by atomic mass is 10.1. The van der Waals surface area contributed by atoms with Crippen LogP contribution in [0.2, 0.25) is 0 Å². The van der Waals surface area contributed by atoms with Crippen molar-refractivity contribution in [2.24, 2.45) is 7.05 Å². The van der Waals surface area contributed by atoms with E-state index in [9.17, 15) is 4.79 Å². The first kappa shape index (κ1) is 12.4. The maximum absolute atomic E-state index is 12.2. The molecule has 0 N–H and O–H groups in total. The van der Waals surface area contributed by atoms with E-state index in [1.165, 1.54) is 0 Å². The van der Waals surface area contributed by atoms with Gasteiger partial charge in [0.1, 0.15) is 0 Å². The smallest absolute Gasteiger partial charge is 0.255 e. The van der Waals surface area contributed by atoms with Crippen molar-refractivity contribution in [3.05, 3.63) is 71.0 Å². The maximum Gasteiger partial charge on any atom is 0.255 e. The van der Waals surface area contributed by atoms with Crippen molar-refractivity contribution in [1.29, 1.82) is 0 Å². The third-order valence-corrected chi connectivity index (χ3v) is 3.28. The number of imidazole rings is 1. The molecular formula is C16H15N3O. The lowest BCUT2D eigenvalue weighted by molar-refractivity contribution is 0.913. The number of rotatable bonds is 2. The number of aryl methyl sites for hydroxylation is 2. The summed E-state index contributed by atoms with van der Waals surface area (Å²) in [5.74, 6) is 0. The van der Waals surface area contributed by atoms with E-state index < -0.39 is 0 Å². The molecule has 0 aliphatic heterocycles. The van der Waals surface area contributed by atoms with Gasteiger partial charge in [0, 0.05) is 36.8 Å². The Morgan fingerprint density at radius 3 is 2.50 bits per heavy atom. The monoisotopic (exact) mass is 265 g/mol. The van der Waals surface area contributed by atoms with Crippen LogP contribution in [0, 0.1) is 6.92 Å². The highest BCUT2D eigenvalue weighted by Crippen LogP contribution is 2.20. The number of hydrogen-bond acceptors (Lipinski definition) is 2. The predicted octanol–water partition coefficient (Wildman–Crippen LogP) is 2.55. The molecule has 1 aromatic carbocycles. The minimum Gasteiger partial charge on any atom is -0.340 e.